The van der Waals surface area contributed by atoms with Gasteiger partial charge in [0.15, 0.2) is 5.13 Å². The van der Waals surface area contributed by atoms with Crippen LogP contribution in [0.1, 0.15) is 30.9 Å². The average Bonchev–Trinajstić information content (AvgIpc) is 3.18. The predicted octanol–water partition coefficient (Wildman–Crippen LogP) is 3.59. The summed E-state index contributed by atoms with van der Waals surface area (Å²) in [6, 6.07) is 5.63. The van der Waals surface area contributed by atoms with Crippen molar-refractivity contribution in [2.45, 2.75) is 31.3 Å². The second kappa shape index (κ2) is 7.72. The summed E-state index contributed by atoms with van der Waals surface area (Å²) in [5, 5.41) is 9.82. The molecular weight excluding hydrogens is 372 g/mol. The van der Waals surface area contributed by atoms with E-state index in [2.05, 4.69) is 20.5 Å². The van der Waals surface area contributed by atoms with Gasteiger partial charge in [-0.2, -0.15) is 0 Å². The lowest BCUT2D eigenvalue weighted by Gasteiger charge is -2.33. The van der Waals surface area contributed by atoms with Gasteiger partial charge in [-0.15, -0.1) is 11.3 Å². The number of halogens is 1. The number of para-hydroxylation sites is 1. The summed E-state index contributed by atoms with van der Waals surface area (Å²) in [6.07, 6.45) is 4.41. The van der Waals surface area contributed by atoms with Crippen LogP contribution in [0.4, 0.5) is 9.93 Å². The number of hydrogen-bond acceptors (Lipinski definition) is 5. The number of fused-ring (bicyclic) bond motifs is 1. The molecule has 0 radical (unpaired) electrons. The third-order valence-electron chi connectivity index (χ3n) is 4.85. The van der Waals surface area contributed by atoms with Crippen molar-refractivity contribution >= 4 is 34.1 Å². The molecule has 8 heteroatoms. The first-order valence-electron chi connectivity index (χ1n) is 8.83. The number of piperidine rings is 1. The Morgan fingerprint density at radius 3 is 2.88 bits per heavy atom. The number of urea groups is 1. The van der Waals surface area contributed by atoms with Crippen molar-refractivity contribution in [3.8, 4) is 5.75 Å². The number of amides is 2. The fourth-order valence-electron chi connectivity index (χ4n) is 3.51. The molecule has 2 aromatic rings. The van der Waals surface area contributed by atoms with Gasteiger partial charge >= 0.3 is 6.03 Å². The number of carbonyl (C=O) groups is 1. The highest BCUT2D eigenvalue weighted by Gasteiger charge is 2.26. The van der Waals surface area contributed by atoms with E-state index in [9.17, 15) is 4.79 Å². The maximum absolute atomic E-state index is 12.5. The van der Waals surface area contributed by atoms with Gasteiger partial charge in [-0.05, 0) is 18.9 Å². The molecule has 2 aliphatic rings. The number of carbonyl (C=O) groups excluding carboxylic acids is 1. The topological polar surface area (TPSA) is 66.5 Å². The summed E-state index contributed by atoms with van der Waals surface area (Å²) in [6.45, 7) is 2.37. The van der Waals surface area contributed by atoms with Crippen LogP contribution in [0.2, 0.25) is 5.02 Å². The highest BCUT2D eigenvalue weighted by Crippen LogP contribution is 2.37. The summed E-state index contributed by atoms with van der Waals surface area (Å²) in [7, 11) is 0. The van der Waals surface area contributed by atoms with Gasteiger partial charge in [0.25, 0.3) is 0 Å². The molecule has 2 amide bonds. The Labute approximate surface area is 161 Å². The number of anilines is 1. The second-order valence-electron chi connectivity index (χ2n) is 6.54. The number of rotatable bonds is 3. The Balaban J connectivity index is 1.31. The Hall–Kier alpha value is -1.99. The first-order valence-corrected chi connectivity index (χ1v) is 10.1. The van der Waals surface area contributed by atoms with E-state index in [0.717, 1.165) is 43.0 Å². The average molecular weight is 393 g/mol. The fourth-order valence-corrected chi connectivity index (χ4v) is 4.44. The van der Waals surface area contributed by atoms with Crippen LogP contribution in [-0.4, -0.2) is 36.8 Å². The number of benzene rings is 1. The van der Waals surface area contributed by atoms with Crippen molar-refractivity contribution in [3.63, 3.8) is 0 Å². The van der Waals surface area contributed by atoms with Gasteiger partial charge in [-0.1, -0.05) is 23.7 Å². The molecule has 1 saturated heterocycles. The van der Waals surface area contributed by atoms with E-state index in [1.807, 2.05) is 23.7 Å². The lowest BCUT2D eigenvalue weighted by atomic mass is 10.0. The van der Waals surface area contributed by atoms with Gasteiger partial charge in [0.2, 0.25) is 0 Å². The van der Waals surface area contributed by atoms with Gasteiger partial charge in [-0.3, -0.25) is 0 Å². The summed E-state index contributed by atoms with van der Waals surface area (Å²) in [5.41, 5.74) is 0.942. The maximum Gasteiger partial charge on any atom is 0.315 e. The van der Waals surface area contributed by atoms with E-state index >= 15 is 0 Å². The van der Waals surface area contributed by atoms with Gasteiger partial charge in [0.05, 0.1) is 17.7 Å². The molecular formula is C18H21ClN4O2S. The standard InChI is InChI=1S/C18H21ClN4O2S/c19-14-3-1-2-13-15(6-10-25-16(13)14)22-17(24)21-12-4-8-23(9-5-12)18-20-7-11-26-18/h1-3,7,11-12,15H,4-6,8-10H2,(H2,21,22,24). The fraction of sp³-hybridized carbons (Fsp3) is 0.444. The molecule has 3 heterocycles. The number of ether oxygens (including phenoxy) is 1. The molecule has 0 bridgehead atoms. The minimum absolute atomic E-state index is 0.0761. The molecule has 138 valence electrons. The van der Waals surface area contributed by atoms with Gasteiger partial charge in [0, 0.05) is 42.7 Å². The Morgan fingerprint density at radius 1 is 1.27 bits per heavy atom. The number of aromatic nitrogens is 1. The van der Waals surface area contributed by atoms with Crippen LogP contribution in [0.15, 0.2) is 29.8 Å². The molecule has 6 nitrogen and oxygen atoms in total. The van der Waals surface area contributed by atoms with Crippen LogP contribution in [0, 0.1) is 0 Å². The molecule has 0 spiro atoms. The molecule has 4 rings (SSSR count). The summed E-state index contributed by atoms with van der Waals surface area (Å²) in [4.78, 5) is 19.1. The molecule has 2 N–H and O–H groups in total. The number of hydrogen-bond donors (Lipinski definition) is 2. The SMILES string of the molecule is O=C(NC1CCN(c2nccs2)CC1)NC1CCOc2c(Cl)cccc21. The largest absolute Gasteiger partial charge is 0.492 e. The molecule has 0 saturated carbocycles. The van der Waals surface area contributed by atoms with Crippen LogP contribution in [-0.2, 0) is 0 Å². The predicted molar refractivity (Wildman–Crippen MR) is 103 cm³/mol. The Bertz CT molecular complexity index is 763. The smallest absolute Gasteiger partial charge is 0.315 e. The van der Waals surface area contributed by atoms with Crippen molar-refractivity contribution in [1.29, 1.82) is 0 Å². The van der Waals surface area contributed by atoms with E-state index in [1.165, 1.54) is 0 Å². The minimum atomic E-state index is -0.129. The molecule has 1 aromatic heterocycles. The molecule has 1 fully saturated rings. The normalized spacial score (nSPS) is 20.2. The molecule has 2 aliphatic heterocycles. The quantitative estimate of drug-likeness (QED) is 0.837. The van der Waals surface area contributed by atoms with Gasteiger partial charge < -0.3 is 20.3 Å². The third-order valence-corrected chi connectivity index (χ3v) is 5.98. The molecule has 1 aromatic carbocycles. The highest BCUT2D eigenvalue weighted by molar-refractivity contribution is 7.13. The summed E-state index contributed by atoms with van der Waals surface area (Å²) < 4.78 is 5.65. The molecule has 1 unspecified atom stereocenters. The van der Waals surface area contributed by atoms with Crippen LogP contribution >= 0.6 is 22.9 Å². The number of thiazole rings is 1. The van der Waals surface area contributed by atoms with E-state index in [1.54, 1.807) is 17.4 Å². The first kappa shape index (κ1) is 17.4. The van der Waals surface area contributed by atoms with Crippen molar-refractivity contribution in [2.24, 2.45) is 0 Å². The van der Waals surface area contributed by atoms with Crippen molar-refractivity contribution in [1.82, 2.24) is 15.6 Å². The van der Waals surface area contributed by atoms with Crippen LogP contribution in [0.3, 0.4) is 0 Å². The third kappa shape index (κ3) is 3.73. The van der Waals surface area contributed by atoms with Crippen LogP contribution in [0.5, 0.6) is 5.75 Å². The van der Waals surface area contributed by atoms with E-state index < -0.39 is 0 Å². The van der Waals surface area contributed by atoms with Crippen molar-refractivity contribution in [2.75, 3.05) is 24.6 Å². The Morgan fingerprint density at radius 2 is 2.12 bits per heavy atom. The lowest BCUT2D eigenvalue weighted by molar-refractivity contribution is 0.218. The first-order chi connectivity index (χ1) is 12.7. The second-order valence-corrected chi connectivity index (χ2v) is 7.82. The summed E-state index contributed by atoms with van der Waals surface area (Å²) in [5.74, 6) is 0.683. The Kier molecular flexibility index (Phi) is 5.17. The monoisotopic (exact) mass is 392 g/mol. The maximum atomic E-state index is 12.5. The van der Waals surface area contributed by atoms with Crippen LogP contribution in [0.25, 0.3) is 0 Å². The van der Waals surface area contributed by atoms with Crippen molar-refractivity contribution < 1.29 is 9.53 Å². The van der Waals surface area contributed by atoms with E-state index in [0.29, 0.717) is 17.4 Å². The van der Waals surface area contributed by atoms with E-state index in [-0.39, 0.29) is 18.1 Å². The number of nitrogens with one attached hydrogen (secondary N) is 2. The summed E-state index contributed by atoms with van der Waals surface area (Å²) >= 11 is 7.85. The van der Waals surface area contributed by atoms with Crippen LogP contribution < -0.4 is 20.3 Å². The molecule has 26 heavy (non-hydrogen) atoms. The molecule has 1 atom stereocenters. The minimum Gasteiger partial charge on any atom is -0.492 e. The lowest BCUT2D eigenvalue weighted by Crippen LogP contribution is -2.49. The zero-order valence-corrected chi connectivity index (χ0v) is 15.9. The number of nitrogens with zero attached hydrogens (tertiary/aromatic N) is 2. The molecule has 0 aliphatic carbocycles. The van der Waals surface area contributed by atoms with Gasteiger partial charge in [-0.25, -0.2) is 9.78 Å². The van der Waals surface area contributed by atoms with E-state index in [4.69, 9.17) is 16.3 Å². The zero-order chi connectivity index (χ0) is 17.9. The van der Waals surface area contributed by atoms with Gasteiger partial charge in [0.1, 0.15) is 5.75 Å². The highest BCUT2D eigenvalue weighted by atomic mass is 35.5. The van der Waals surface area contributed by atoms with Crippen molar-refractivity contribution in [3.05, 3.63) is 40.4 Å². The zero-order valence-electron chi connectivity index (χ0n) is 14.3.